The largest absolute Gasteiger partial charge is 0.486 e. The van der Waals surface area contributed by atoms with Crippen molar-refractivity contribution < 1.29 is 19.1 Å². The van der Waals surface area contributed by atoms with E-state index in [0.717, 1.165) is 38.0 Å². The van der Waals surface area contributed by atoms with E-state index in [0.29, 0.717) is 37.7 Å². The van der Waals surface area contributed by atoms with Crippen molar-refractivity contribution in [1.82, 2.24) is 10.2 Å². The van der Waals surface area contributed by atoms with Crippen molar-refractivity contribution in [1.29, 1.82) is 0 Å². The highest BCUT2D eigenvalue weighted by Crippen LogP contribution is 2.37. The summed E-state index contributed by atoms with van der Waals surface area (Å²) in [4.78, 5) is 30.1. The summed E-state index contributed by atoms with van der Waals surface area (Å²) in [7, 11) is 0. The second-order valence-corrected chi connectivity index (χ2v) is 7.78. The van der Waals surface area contributed by atoms with Gasteiger partial charge in [0.2, 0.25) is 11.8 Å². The van der Waals surface area contributed by atoms with E-state index in [-0.39, 0.29) is 23.9 Å². The molecule has 1 aromatic rings. The zero-order chi connectivity index (χ0) is 18.4. The average Bonchev–Trinajstić information content (AvgIpc) is 3.19. The standard InChI is InChI=1S/C20H25N3O4/c24-19-16(20(25)23-13-1-2-15(23)12-21-7-5-13)6-8-22(19)14-3-4-17-18(11-14)27-10-9-26-17/h3-4,11,13,15-16,21H,1-2,5-10,12H2. The van der Waals surface area contributed by atoms with Crippen molar-refractivity contribution in [3.05, 3.63) is 18.2 Å². The third-order valence-corrected chi connectivity index (χ3v) is 6.25. The topological polar surface area (TPSA) is 71.1 Å². The van der Waals surface area contributed by atoms with Crippen molar-refractivity contribution in [3.8, 4) is 11.5 Å². The van der Waals surface area contributed by atoms with Crippen LogP contribution in [0.4, 0.5) is 5.69 Å². The number of carbonyl (C=O) groups excluding carboxylic acids is 2. The second-order valence-electron chi connectivity index (χ2n) is 7.78. The van der Waals surface area contributed by atoms with Gasteiger partial charge in [0, 0.05) is 36.9 Å². The molecule has 4 aliphatic rings. The summed E-state index contributed by atoms with van der Waals surface area (Å²) in [6.45, 7) is 3.41. The molecular formula is C20H25N3O4. The predicted molar refractivity (Wildman–Crippen MR) is 99.0 cm³/mol. The van der Waals surface area contributed by atoms with E-state index in [1.807, 2.05) is 23.1 Å². The molecule has 3 saturated heterocycles. The molecule has 3 unspecified atom stereocenters. The highest BCUT2D eigenvalue weighted by Gasteiger charge is 2.46. The number of ether oxygens (including phenoxy) is 2. The van der Waals surface area contributed by atoms with Gasteiger partial charge >= 0.3 is 0 Å². The minimum Gasteiger partial charge on any atom is -0.486 e. The first kappa shape index (κ1) is 16.9. The van der Waals surface area contributed by atoms with Crippen LogP contribution in [-0.2, 0) is 9.59 Å². The Morgan fingerprint density at radius 1 is 1.04 bits per heavy atom. The number of fused-ring (bicyclic) bond motifs is 3. The highest BCUT2D eigenvalue weighted by molar-refractivity contribution is 6.10. The fourth-order valence-corrected chi connectivity index (χ4v) is 4.89. The molecule has 2 amide bonds. The molecule has 0 aromatic heterocycles. The Hall–Kier alpha value is -2.28. The average molecular weight is 371 g/mol. The molecule has 0 aliphatic carbocycles. The van der Waals surface area contributed by atoms with E-state index < -0.39 is 5.92 Å². The third-order valence-electron chi connectivity index (χ3n) is 6.25. The van der Waals surface area contributed by atoms with Crippen molar-refractivity contribution in [2.75, 3.05) is 37.7 Å². The van der Waals surface area contributed by atoms with E-state index in [1.54, 1.807) is 4.90 Å². The van der Waals surface area contributed by atoms with Gasteiger partial charge in [-0.25, -0.2) is 0 Å². The number of hydrogen-bond donors (Lipinski definition) is 1. The van der Waals surface area contributed by atoms with Crippen molar-refractivity contribution in [3.63, 3.8) is 0 Å². The van der Waals surface area contributed by atoms with Crippen molar-refractivity contribution in [2.24, 2.45) is 5.92 Å². The Balaban J connectivity index is 1.35. The molecule has 5 rings (SSSR count). The quantitative estimate of drug-likeness (QED) is 0.790. The van der Waals surface area contributed by atoms with Crippen LogP contribution in [0.1, 0.15) is 25.7 Å². The molecule has 0 spiro atoms. The molecule has 144 valence electrons. The SMILES string of the molecule is O=C1C(C(=O)N2C3CCNCC2CC3)CCN1c1ccc2c(c1)OCCO2. The minimum atomic E-state index is -0.556. The number of anilines is 1. The number of nitrogens with one attached hydrogen (secondary N) is 1. The van der Waals surface area contributed by atoms with E-state index >= 15 is 0 Å². The molecule has 1 N–H and O–H groups in total. The van der Waals surface area contributed by atoms with E-state index in [9.17, 15) is 9.59 Å². The molecular weight excluding hydrogens is 346 g/mol. The Morgan fingerprint density at radius 3 is 2.74 bits per heavy atom. The minimum absolute atomic E-state index is 0.0243. The van der Waals surface area contributed by atoms with Crippen LogP contribution in [0.3, 0.4) is 0 Å². The normalized spacial score (nSPS) is 29.8. The number of amides is 2. The summed E-state index contributed by atoms with van der Waals surface area (Å²) in [5, 5.41) is 3.41. The summed E-state index contributed by atoms with van der Waals surface area (Å²) >= 11 is 0. The Bertz CT molecular complexity index is 754. The lowest BCUT2D eigenvalue weighted by Crippen LogP contribution is -2.47. The fraction of sp³-hybridized carbons (Fsp3) is 0.600. The summed E-state index contributed by atoms with van der Waals surface area (Å²) in [6, 6.07) is 6.08. The summed E-state index contributed by atoms with van der Waals surface area (Å²) in [6.07, 6.45) is 3.66. The van der Waals surface area contributed by atoms with Gasteiger partial charge in [-0.15, -0.1) is 0 Å². The van der Waals surface area contributed by atoms with E-state index in [2.05, 4.69) is 5.32 Å². The Kier molecular flexibility index (Phi) is 4.19. The molecule has 27 heavy (non-hydrogen) atoms. The number of carbonyl (C=O) groups is 2. The number of hydrogen-bond acceptors (Lipinski definition) is 5. The molecule has 1 aromatic carbocycles. The molecule has 3 fully saturated rings. The van der Waals surface area contributed by atoms with Crippen LogP contribution in [0.15, 0.2) is 18.2 Å². The van der Waals surface area contributed by atoms with E-state index in [4.69, 9.17) is 9.47 Å². The van der Waals surface area contributed by atoms with Crippen LogP contribution in [-0.4, -0.2) is 61.6 Å². The lowest BCUT2D eigenvalue weighted by atomic mass is 10.0. The molecule has 0 radical (unpaired) electrons. The lowest BCUT2D eigenvalue weighted by Gasteiger charge is -2.30. The van der Waals surface area contributed by atoms with Crippen molar-refractivity contribution in [2.45, 2.75) is 37.8 Å². The van der Waals surface area contributed by atoms with Crippen LogP contribution < -0.4 is 19.7 Å². The number of benzene rings is 1. The Labute approximate surface area is 158 Å². The van der Waals surface area contributed by atoms with Gasteiger partial charge in [-0.3, -0.25) is 9.59 Å². The molecule has 7 heteroatoms. The zero-order valence-corrected chi connectivity index (χ0v) is 15.4. The van der Waals surface area contributed by atoms with Gasteiger partial charge < -0.3 is 24.6 Å². The first-order valence-electron chi connectivity index (χ1n) is 9.96. The highest BCUT2D eigenvalue weighted by atomic mass is 16.6. The van der Waals surface area contributed by atoms with Crippen LogP contribution in [0, 0.1) is 5.92 Å². The van der Waals surface area contributed by atoms with Crippen LogP contribution in [0.25, 0.3) is 0 Å². The van der Waals surface area contributed by atoms with Gasteiger partial charge in [-0.05, 0) is 44.4 Å². The molecule has 7 nitrogen and oxygen atoms in total. The number of rotatable bonds is 2. The first-order chi connectivity index (χ1) is 13.2. The Morgan fingerprint density at radius 2 is 1.85 bits per heavy atom. The molecule has 4 aliphatic heterocycles. The summed E-state index contributed by atoms with van der Waals surface area (Å²) in [5.41, 5.74) is 0.778. The third kappa shape index (κ3) is 2.84. The number of nitrogens with zero attached hydrogens (tertiary/aromatic N) is 2. The van der Waals surface area contributed by atoms with Gasteiger partial charge in [0.05, 0.1) is 0 Å². The predicted octanol–water partition coefficient (Wildman–Crippen LogP) is 1.16. The first-order valence-corrected chi connectivity index (χ1v) is 9.96. The maximum Gasteiger partial charge on any atom is 0.239 e. The lowest BCUT2D eigenvalue weighted by molar-refractivity contribution is -0.142. The maximum absolute atomic E-state index is 13.2. The summed E-state index contributed by atoms with van der Waals surface area (Å²) in [5.74, 6) is 0.750. The molecule has 3 atom stereocenters. The van der Waals surface area contributed by atoms with Crippen LogP contribution in [0.2, 0.25) is 0 Å². The van der Waals surface area contributed by atoms with Gasteiger partial charge in [-0.1, -0.05) is 0 Å². The van der Waals surface area contributed by atoms with Gasteiger partial charge in [0.25, 0.3) is 0 Å². The molecule has 2 bridgehead atoms. The van der Waals surface area contributed by atoms with Crippen LogP contribution >= 0.6 is 0 Å². The fourth-order valence-electron chi connectivity index (χ4n) is 4.89. The molecule has 4 heterocycles. The van der Waals surface area contributed by atoms with Gasteiger partial charge in [0.15, 0.2) is 11.5 Å². The molecule has 0 saturated carbocycles. The summed E-state index contributed by atoms with van der Waals surface area (Å²) < 4.78 is 11.2. The van der Waals surface area contributed by atoms with Crippen molar-refractivity contribution >= 4 is 17.5 Å². The van der Waals surface area contributed by atoms with Crippen LogP contribution in [0.5, 0.6) is 11.5 Å². The van der Waals surface area contributed by atoms with E-state index in [1.165, 1.54) is 0 Å². The van der Waals surface area contributed by atoms with Gasteiger partial charge in [0.1, 0.15) is 19.1 Å². The smallest absolute Gasteiger partial charge is 0.239 e. The zero-order valence-electron chi connectivity index (χ0n) is 15.4. The second kappa shape index (κ2) is 6.71. The maximum atomic E-state index is 13.2. The van der Waals surface area contributed by atoms with Gasteiger partial charge in [-0.2, -0.15) is 0 Å². The monoisotopic (exact) mass is 371 g/mol.